The minimum Gasteiger partial charge on any atom is -0.497 e. The second-order valence-corrected chi connectivity index (χ2v) is 7.10. The molecule has 0 spiro atoms. The van der Waals surface area contributed by atoms with Gasteiger partial charge in [-0.25, -0.2) is 4.79 Å². The summed E-state index contributed by atoms with van der Waals surface area (Å²) in [5, 5.41) is 0.584. The summed E-state index contributed by atoms with van der Waals surface area (Å²) < 4.78 is 16.4. The van der Waals surface area contributed by atoms with Crippen LogP contribution in [0.5, 0.6) is 11.5 Å². The maximum Gasteiger partial charge on any atom is 0.405 e. The molecule has 0 aromatic heterocycles. The van der Waals surface area contributed by atoms with Crippen LogP contribution >= 0.6 is 11.6 Å². The third-order valence-corrected chi connectivity index (χ3v) is 4.64. The fourth-order valence-corrected chi connectivity index (χ4v) is 3.28. The molecule has 1 amide bonds. The van der Waals surface area contributed by atoms with Gasteiger partial charge >= 0.3 is 6.09 Å². The Hall–Kier alpha value is -2.40. The van der Waals surface area contributed by atoms with Crippen molar-refractivity contribution in [1.29, 1.82) is 0 Å². The number of methoxy groups -OCH3 is 1. The fourth-order valence-electron chi connectivity index (χ4n) is 3.00. The Bertz CT molecular complexity index is 819. The second kappa shape index (κ2) is 6.48. The quantitative estimate of drug-likeness (QED) is 0.869. The molecule has 25 heavy (non-hydrogen) atoms. The number of carbonyl (C=O) groups excluding carboxylic acids is 1. The molecular weight excluding hydrogens is 342 g/mol. The van der Waals surface area contributed by atoms with E-state index >= 15 is 0 Å². The zero-order valence-corrected chi connectivity index (χ0v) is 15.1. The average molecular weight is 362 g/mol. The predicted molar refractivity (Wildman–Crippen MR) is 96.1 cm³/mol. The van der Waals surface area contributed by atoms with E-state index in [4.69, 9.17) is 31.5 Å². The third-order valence-electron chi connectivity index (χ3n) is 4.33. The van der Waals surface area contributed by atoms with Gasteiger partial charge in [-0.05, 0) is 29.8 Å². The zero-order valence-electron chi connectivity index (χ0n) is 14.3. The fraction of sp³-hybridized carbons (Fsp3) is 0.316. The van der Waals surface area contributed by atoms with Crippen molar-refractivity contribution in [2.24, 2.45) is 11.1 Å². The summed E-state index contributed by atoms with van der Waals surface area (Å²) in [6.07, 6.45) is -1.26. The van der Waals surface area contributed by atoms with Crippen LogP contribution in [0.2, 0.25) is 5.02 Å². The van der Waals surface area contributed by atoms with Gasteiger partial charge in [0.2, 0.25) is 0 Å². The van der Waals surface area contributed by atoms with Crippen molar-refractivity contribution in [3.8, 4) is 22.6 Å². The summed E-state index contributed by atoms with van der Waals surface area (Å²) in [5.74, 6) is 1.36. The maximum atomic E-state index is 11.3. The highest BCUT2D eigenvalue weighted by molar-refractivity contribution is 6.33. The van der Waals surface area contributed by atoms with E-state index in [0.29, 0.717) is 23.1 Å². The molecule has 1 aliphatic rings. The highest BCUT2D eigenvalue weighted by Gasteiger charge is 2.40. The summed E-state index contributed by atoms with van der Waals surface area (Å²) in [5.41, 5.74) is 7.43. The van der Waals surface area contributed by atoms with Crippen molar-refractivity contribution in [3.05, 3.63) is 47.0 Å². The first kappa shape index (κ1) is 17.4. The van der Waals surface area contributed by atoms with Gasteiger partial charge in [-0.15, -0.1) is 0 Å². The summed E-state index contributed by atoms with van der Waals surface area (Å²) in [4.78, 5) is 11.3. The minimum atomic E-state index is -0.798. The topological polar surface area (TPSA) is 70.8 Å². The Kier molecular flexibility index (Phi) is 4.52. The first-order chi connectivity index (χ1) is 11.8. The molecular formula is C19H20ClNO4. The lowest BCUT2D eigenvalue weighted by atomic mass is 9.80. The number of ether oxygens (including phenoxy) is 3. The van der Waals surface area contributed by atoms with Gasteiger partial charge in [0, 0.05) is 16.5 Å². The molecule has 0 saturated heterocycles. The second-order valence-electron chi connectivity index (χ2n) is 6.69. The van der Waals surface area contributed by atoms with E-state index in [0.717, 1.165) is 16.7 Å². The number of hydrogen-bond acceptors (Lipinski definition) is 4. The number of primary amides is 1. The van der Waals surface area contributed by atoms with Gasteiger partial charge in [0.1, 0.15) is 17.6 Å². The summed E-state index contributed by atoms with van der Waals surface area (Å²) in [6, 6.07) is 11.2. The highest BCUT2D eigenvalue weighted by Crippen LogP contribution is 2.46. The van der Waals surface area contributed by atoms with Crippen molar-refractivity contribution in [3.63, 3.8) is 0 Å². The van der Waals surface area contributed by atoms with E-state index < -0.39 is 12.2 Å². The number of carbonyl (C=O) groups is 1. The van der Waals surface area contributed by atoms with E-state index in [1.54, 1.807) is 13.2 Å². The molecule has 2 N–H and O–H groups in total. The van der Waals surface area contributed by atoms with Gasteiger partial charge in [-0.2, -0.15) is 0 Å². The van der Waals surface area contributed by atoms with Gasteiger partial charge in [-0.1, -0.05) is 37.6 Å². The Morgan fingerprint density at radius 3 is 2.68 bits per heavy atom. The van der Waals surface area contributed by atoms with E-state index in [1.807, 2.05) is 44.2 Å². The Morgan fingerprint density at radius 2 is 2.04 bits per heavy atom. The van der Waals surface area contributed by atoms with E-state index in [9.17, 15) is 4.79 Å². The molecule has 1 unspecified atom stereocenters. The number of fused-ring (bicyclic) bond motifs is 1. The molecule has 2 aromatic carbocycles. The standard InChI is InChI=1S/C19H20ClNO4/c1-19(2)10-24-16-8-11(4-6-14(16)17(19)25-18(21)22)13-7-5-12(23-3)9-15(13)20/h4-9,17H,10H2,1-3H3,(H2,21,22). The maximum absolute atomic E-state index is 11.3. The number of hydrogen-bond donors (Lipinski definition) is 1. The number of halogens is 1. The van der Waals surface area contributed by atoms with Crippen LogP contribution in [0.15, 0.2) is 36.4 Å². The molecule has 132 valence electrons. The first-order valence-corrected chi connectivity index (χ1v) is 8.26. The molecule has 1 aliphatic heterocycles. The average Bonchev–Trinajstić information content (AvgIpc) is 2.57. The Labute approximate surface area is 151 Å². The normalized spacial score (nSPS) is 18.0. The summed E-state index contributed by atoms with van der Waals surface area (Å²) in [6.45, 7) is 4.35. The molecule has 1 heterocycles. The van der Waals surface area contributed by atoms with Crippen molar-refractivity contribution in [2.45, 2.75) is 20.0 Å². The van der Waals surface area contributed by atoms with Gasteiger partial charge in [0.15, 0.2) is 0 Å². The predicted octanol–water partition coefficient (Wildman–Crippen LogP) is 4.57. The third kappa shape index (κ3) is 3.37. The molecule has 0 bridgehead atoms. The zero-order chi connectivity index (χ0) is 18.2. The Morgan fingerprint density at radius 1 is 1.28 bits per heavy atom. The first-order valence-electron chi connectivity index (χ1n) is 7.88. The van der Waals surface area contributed by atoms with Crippen molar-refractivity contribution >= 4 is 17.7 Å². The van der Waals surface area contributed by atoms with Gasteiger partial charge in [-0.3, -0.25) is 0 Å². The van der Waals surface area contributed by atoms with Crippen LogP contribution in [0, 0.1) is 5.41 Å². The molecule has 0 saturated carbocycles. The molecule has 0 aliphatic carbocycles. The van der Waals surface area contributed by atoms with Crippen LogP contribution in [0.4, 0.5) is 4.79 Å². The highest BCUT2D eigenvalue weighted by atomic mass is 35.5. The molecule has 3 rings (SSSR count). The van der Waals surface area contributed by atoms with Crippen LogP contribution < -0.4 is 15.2 Å². The monoisotopic (exact) mass is 361 g/mol. The van der Waals surface area contributed by atoms with E-state index in [-0.39, 0.29) is 5.41 Å². The van der Waals surface area contributed by atoms with Gasteiger partial charge < -0.3 is 19.9 Å². The number of nitrogens with two attached hydrogens (primary N) is 1. The largest absolute Gasteiger partial charge is 0.497 e. The van der Waals surface area contributed by atoms with Crippen LogP contribution in [0.3, 0.4) is 0 Å². The molecule has 2 aromatic rings. The van der Waals surface area contributed by atoms with E-state index in [1.165, 1.54) is 0 Å². The number of rotatable bonds is 3. The van der Waals surface area contributed by atoms with Gasteiger partial charge in [0.25, 0.3) is 0 Å². The lowest BCUT2D eigenvalue weighted by molar-refractivity contribution is -0.0176. The van der Waals surface area contributed by atoms with Gasteiger partial charge in [0.05, 0.1) is 18.7 Å². The van der Waals surface area contributed by atoms with Crippen LogP contribution in [-0.4, -0.2) is 19.8 Å². The molecule has 5 nitrogen and oxygen atoms in total. The Balaban J connectivity index is 2.02. The minimum absolute atomic E-state index is 0.374. The van der Waals surface area contributed by atoms with Crippen LogP contribution in [-0.2, 0) is 4.74 Å². The molecule has 6 heteroatoms. The smallest absolute Gasteiger partial charge is 0.405 e. The van der Waals surface area contributed by atoms with Crippen molar-refractivity contribution in [2.75, 3.05) is 13.7 Å². The van der Waals surface area contributed by atoms with Crippen molar-refractivity contribution in [1.82, 2.24) is 0 Å². The molecule has 0 radical (unpaired) electrons. The SMILES string of the molecule is COc1ccc(-c2ccc3c(c2)OCC(C)(C)C3OC(N)=O)c(Cl)c1. The number of benzene rings is 2. The van der Waals surface area contributed by atoms with E-state index in [2.05, 4.69) is 0 Å². The van der Waals surface area contributed by atoms with Crippen molar-refractivity contribution < 1.29 is 19.0 Å². The molecule has 1 atom stereocenters. The van der Waals surface area contributed by atoms with Crippen LogP contribution in [0.1, 0.15) is 25.5 Å². The summed E-state index contributed by atoms with van der Waals surface area (Å²) in [7, 11) is 1.60. The molecule has 0 fully saturated rings. The van der Waals surface area contributed by atoms with Crippen LogP contribution in [0.25, 0.3) is 11.1 Å². The summed E-state index contributed by atoms with van der Waals surface area (Å²) >= 11 is 6.36. The lowest BCUT2D eigenvalue weighted by Crippen LogP contribution is -2.37. The lowest BCUT2D eigenvalue weighted by Gasteiger charge is -2.38. The number of amides is 1.